The van der Waals surface area contributed by atoms with Gasteiger partial charge in [0, 0.05) is 12.5 Å². The van der Waals surface area contributed by atoms with E-state index in [4.69, 9.17) is 9.47 Å². The van der Waals surface area contributed by atoms with Crippen LogP contribution in [-0.4, -0.2) is 41.3 Å². The Morgan fingerprint density at radius 1 is 1.38 bits per heavy atom. The fourth-order valence-electron chi connectivity index (χ4n) is 5.97. The molecule has 0 aromatic heterocycles. The first-order chi connectivity index (χ1) is 10.9. The molecule has 1 spiro atoms. The molecule has 0 N–H and O–H groups in total. The summed E-state index contributed by atoms with van der Waals surface area (Å²) in [5.41, 5.74) is -0.863. The highest BCUT2D eigenvalue weighted by atomic mass is 127. The molecule has 0 aromatic rings. The second-order valence-corrected chi connectivity index (χ2v) is 18.9. The van der Waals surface area contributed by atoms with Gasteiger partial charge in [-0.25, -0.2) is 0 Å². The van der Waals surface area contributed by atoms with Crippen molar-refractivity contribution in [1.29, 1.82) is 0 Å². The van der Waals surface area contributed by atoms with Gasteiger partial charge in [-0.3, -0.25) is 4.79 Å². The van der Waals surface area contributed by atoms with E-state index in [0.29, 0.717) is 18.4 Å². The van der Waals surface area contributed by atoms with E-state index < -0.39 is 0 Å². The summed E-state index contributed by atoms with van der Waals surface area (Å²) < 4.78 is 11.8. The van der Waals surface area contributed by atoms with Gasteiger partial charge in [-0.2, -0.15) is 0 Å². The SMILES string of the molecule is CC(COC(I)(I)I)N(C)C(=O)C12C(C)C1C1(C)C=CC13OC23C. The standard InChI is InChI=1S/C17H22I3NO3/c1-9(8-23-17(18,19)20)21(5)12(22)16-10(2)11(16)13(3)6-7-15(13)14(16,4)24-15/h6-7,9-11H,8H2,1-5H3. The zero-order valence-electron chi connectivity index (χ0n) is 14.4. The summed E-state index contributed by atoms with van der Waals surface area (Å²) in [7, 11) is 1.91. The quantitative estimate of drug-likeness (QED) is 0.192. The number of hydrogen-bond donors (Lipinski definition) is 0. The van der Waals surface area contributed by atoms with Crippen LogP contribution >= 0.6 is 67.8 Å². The number of nitrogens with zero attached hydrogens (tertiary/aromatic N) is 1. The summed E-state index contributed by atoms with van der Waals surface area (Å²) in [5.74, 6) is 0.998. The molecule has 0 aromatic carbocycles. The lowest BCUT2D eigenvalue weighted by molar-refractivity contribution is -0.142. The first-order valence-electron chi connectivity index (χ1n) is 8.27. The van der Waals surface area contributed by atoms with Gasteiger partial charge >= 0.3 is 0 Å². The van der Waals surface area contributed by atoms with Gasteiger partial charge in [0.15, 0.2) is 0 Å². The van der Waals surface area contributed by atoms with Crippen LogP contribution in [0.2, 0.25) is 0 Å². The third-order valence-corrected chi connectivity index (χ3v) is 8.29. The highest BCUT2D eigenvalue weighted by Crippen LogP contribution is 2.93. The van der Waals surface area contributed by atoms with Crippen molar-refractivity contribution in [2.24, 2.45) is 22.7 Å². The van der Waals surface area contributed by atoms with Crippen LogP contribution in [0.3, 0.4) is 0 Å². The average molecular weight is 669 g/mol. The van der Waals surface area contributed by atoms with Gasteiger partial charge in [-0.05, 0) is 93.5 Å². The first-order valence-corrected chi connectivity index (χ1v) is 11.5. The summed E-state index contributed by atoms with van der Waals surface area (Å²) in [4.78, 5) is 15.4. The molecule has 4 nitrogen and oxygen atoms in total. The molecule has 1 aliphatic heterocycles. The zero-order valence-corrected chi connectivity index (χ0v) is 20.9. The highest BCUT2D eigenvalue weighted by Gasteiger charge is 3.02. The molecule has 1 saturated heterocycles. The Hall–Kier alpha value is 1.32. The lowest BCUT2D eigenvalue weighted by atomic mass is 9.63. The number of carbonyl (C=O) groups is 1. The predicted molar refractivity (Wildman–Crippen MR) is 118 cm³/mol. The maximum absolute atomic E-state index is 13.5. The van der Waals surface area contributed by atoms with Gasteiger partial charge < -0.3 is 14.4 Å². The van der Waals surface area contributed by atoms with Gasteiger partial charge in [-0.15, -0.1) is 0 Å². The Balaban J connectivity index is 1.56. The maximum Gasteiger partial charge on any atom is 0.232 e. The molecule has 7 heteroatoms. The number of fused-ring (bicyclic) bond motifs is 3. The summed E-state index contributed by atoms with van der Waals surface area (Å²) in [6, 6.07) is 0.0383. The minimum absolute atomic E-state index is 0.0270. The minimum atomic E-state index is -0.371. The van der Waals surface area contributed by atoms with Crippen LogP contribution in [-0.2, 0) is 14.3 Å². The topological polar surface area (TPSA) is 42.1 Å². The molecule has 0 radical (unpaired) electrons. The Labute approximate surface area is 184 Å². The van der Waals surface area contributed by atoms with Gasteiger partial charge in [-0.1, -0.05) is 26.0 Å². The van der Waals surface area contributed by atoms with E-state index in [9.17, 15) is 4.79 Å². The smallest absolute Gasteiger partial charge is 0.232 e. The van der Waals surface area contributed by atoms with Crippen LogP contribution in [0.1, 0.15) is 27.7 Å². The van der Waals surface area contributed by atoms with Crippen LogP contribution in [0.15, 0.2) is 12.2 Å². The van der Waals surface area contributed by atoms with Crippen molar-refractivity contribution >= 4 is 73.7 Å². The van der Waals surface area contributed by atoms with E-state index in [1.165, 1.54) is 0 Å². The van der Waals surface area contributed by atoms with Crippen molar-refractivity contribution in [2.75, 3.05) is 13.7 Å². The van der Waals surface area contributed by atoms with Gasteiger partial charge in [0.2, 0.25) is 5.53 Å². The molecule has 1 heterocycles. The fourth-order valence-corrected chi connectivity index (χ4v) is 6.51. The number of epoxide rings is 1. The Bertz CT molecular complexity index is 664. The van der Waals surface area contributed by atoms with Crippen LogP contribution < -0.4 is 0 Å². The molecule has 1 amide bonds. The van der Waals surface area contributed by atoms with Crippen LogP contribution in [0.25, 0.3) is 0 Å². The first kappa shape index (κ1) is 18.7. The molecular formula is C17H22I3NO3. The molecule has 0 bridgehead atoms. The zero-order chi connectivity index (χ0) is 17.9. The van der Waals surface area contributed by atoms with Crippen molar-refractivity contribution < 1.29 is 14.3 Å². The van der Waals surface area contributed by atoms with Gasteiger partial charge in [0.25, 0.3) is 0 Å². The lowest BCUT2D eigenvalue weighted by Gasteiger charge is -2.38. The maximum atomic E-state index is 13.5. The van der Waals surface area contributed by atoms with Crippen molar-refractivity contribution in [3.8, 4) is 0 Å². The van der Waals surface area contributed by atoms with E-state index in [1.807, 2.05) is 11.9 Å². The average Bonchev–Trinajstić information content (AvgIpc) is 3.32. The third kappa shape index (κ3) is 1.85. The highest BCUT2D eigenvalue weighted by molar-refractivity contribution is 14.3. The lowest BCUT2D eigenvalue weighted by Crippen LogP contribution is -2.49. The number of likely N-dealkylation sites (N-methyl/N-ethyl adjacent to an activating group) is 1. The number of ether oxygens (including phenoxy) is 2. The predicted octanol–water partition coefficient (Wildman–Crippen LogP) is 4.14. The van der Waals surface area contributed by atoms with E-state index in [1.54, 1.807) is 0 Å². The summed E-state index contributed by atoms with van der Waals surface area (Å²) in [6.45, 7) is 9.23. The second kappa shape index (κ2) is 5.02. The molecule has 7 atom stereocenters. The van der Waals surface area contributed by atoms with Crippen molar-refractivity contribution in [2.45, 2.75) is 44.6 Å². The molecule has 2 saturated carbocycles. The normalized spacial score (nSPS) is 51.2. The molecular weight excluding hydrogens is 647 g/mol. The van der Waals surface area contributed by atoms with E-state index in [-0.39, 0.29) is 33.6 Å². The number of amides is 1. The summed E-state index contributed by atoms with van der Waals surface area (Å²) >= 11 is 6.75. The minimum Gasteiger partial charge on any atom is -0.356 e. The van der Waals surface area contributed by atoms with Crippen LogP contribution in [0.4, 0.5) is 0 Å². The third-order valence-electron chi connectivity index (χ3n) is 7.36. The van der Waals surface area contributed by atoms with Gasteiger partial charge in [0.1, 0.15) is 11.2 Å². The Kier molecular flexibility index (Phi) is 3.91. The van der Waals surface area contributed by atoms with Crippen molar-refractivity contribution in [3.63, 3.8) is 0 Å². The monoisotopic (exact) mass is 669 g/mol. The van der Waals surface area contributed by atoms with Crippen LogP contribution in [0, 0.1) is 22.7 Å². The molecule has 4 rings (SSSR count). The molecule has 3 aliphatic carbocycles. The van der Waals surface area contributed by atoms with E-state index >= 15 is 0 Å². The summed E-state index contributed by atoms with van der Waals surface area (Å²) in [6.07, 6.45) is 4.45. The molecule has 7 unspecified atom stereocenters. The Morgan fingerprint density at radius 3 is 2.46 bits per heavy atom. The molecule has 4 aliphatic rings. The van der Waals surface area contributed by atoms with Crippen molar-refractivity contribution in [1.82, 2.24) is 4.90 Å². The second-order valence-electron chi connectivity index (χ2n) is 8.14. The Morgan fingerprint density at radius 2 is 2.00 bits per heavy atom. The molecule has 134 valence electrons. The van der Waals surface area contributed by atoms with E-state index in [2.05, 4.69) is 108 Å². The number of hydrogen-bond acceptors (Lipinski definition) is 3. The summed E-state index contributed by atoms with van der Waals surface area (Å²) in [5, 5.41) is 0. The fraction of sp³-hybridized carbons (Fsp3) is 0.824. The number of rotatable bonds is 5. The number of alkyl halides is 3. The number of carbonyl (C=O) groups excluding carboxylic acids is 1. The largest absolute Gasteiger partial charge is 0.356 e. The molecule has 24 heavy (non-hydrogen) atoms. The van der Waals surface area contributed by atoms with E-state index in [0.717, 1.165) is 0 Å². The molecule has 3 fully saturated rings. The van der Waals surface area contributed by atoms with Crippen LogP contribution in [0.5, 0.6) is 0 Å². The number of halogens is 3. The van der Waals surface area contributed by atoms with Crippen molar-refractivity contribution in [3.05, 3.63) is 12.2 Å². The van der Waals surface area contributed by atoms with Gasteiger partial charge in [0.05, 0.1) is 18.1 Å².